The Balaban J connectivity index is 2.03. The Morgan fingerprint density at radius 1 is 1.22 bits per heavy atom. The van der Waals surface area contributed by atoms with E-state index in [2.05, 4.69) is 30.2 Å². The molecule has 18 heavy (non-hydrogen) atoms. The van der Waals surface area contributed by atoms with Crippen LogP contribution in [0.4, 0.5) is 0 Å². The van der Waals surface area contributed by atoms with Gasteiger partial charge >= 0.3 is 0 Å². The molecular weight excluding hydrogens is 242 g/mol. The maximum absolute atomic E-state index is 8.77. The third kappa shape index (κ3) is 2.95. The van der Waals surface area contributed by atoms with Crippen molar-refractivity contribution in [1.82, 2.24) is 10.3 Å². The summed E-state index contributed by atoms with van der Waals surface area (Å²) in [6.07, 6.45) is 1.82. The Kier molecular flexibility index (Phi) is 4.08. The minimum atomic E-state index is 0.232. The maximum atomic E-state index is 8.77. The van der Waals surface area contributed by atoms with E-state index in [0.717, 1.165) is 5.01 Å². The van der Waals surface area contributed by atoms with Crippen molar-refractivity contribution in [3.63, 3.8) is 0 Å². The molecule has 3 nitrogen and oxygen atoms in total. The van der Waals surface area contributed by atoms with Crippen molar-refractivity contribution in [2.75, 3.05) is 0 Å². The normalized spacial score (nSPS) is 13.8. The highest BCUT2D eigenvalue weighted by Crippen LogP contribution is 2.20. The Labute approximate surface area is 111 Å². The number of hydrogen-bond acceptors (Lipinski definition) is 4. The van der Waals surface area contributed by atoms with Crippen LogP contribution in [0.5, 0.6) is 0 Å². The van der Waals surface area contributed by atoms with E-state index in [-0.39, 0.29) is 12.1 Å². The molecule has 2 unspecified atom stereocenters. The SMILES string of the molecule is CC(NC(C)c1nccs1)c1ccc(C#N)cc1. The monoisotopic (exact) mass is 257 g/mol. The van der Waals surface area contributed by atoms with E-state index in [9.17, 15) is 0 Å². The van der Waals surface area contributed by atoms with Gasteiger partial charge in [0.1, 0.15) is 5.01 Å². The summed E-state index contributed by atoms with van der Waals surface area (Å²) in [6, 6.07) is 10.3. The van der Waals surface area contributed by atoms with Crippen LogP contribution in [0.2, 0.25) is 0 Å². The molecule has 1 heterocycles. The second kappa shape index (κ2) is 5.76. The van der Waals surface area contributed by atoms with E-state index in [1.165, 1.54) is 5.56 Å². The summed E-state index contributed by atoms with van der Waals surface area (Å²) in [5.41, 5.74) is 1.87. The minimum absolute atomic E-state index is 0.232. The third-order valence-electron chi connectivity index (χ3n) is 2.86. The topological polar surface area (TPSA) is 48.7 Å². The lowest BCUT2D eigenvalue weighted by molar-refractivity contribution is 0.493. The Morgan fingerprint density at radius 3 is 2.50 bits per heavy atom. The lowest BCUT2D eigenvalue weighted by atomic mass is 10.1. The van der Waals surface area contributed by atoms with Gasteiger partial charge in [-0.25, -0.2) is 4.98 Å². The van der Waals surface area contributed by atoms with Gasteiger partial charge in [0.15, 0.2) is 0 Å². The fourth-order valence-corrected chi connectivity index (χ4v) is 2.49. The van der Waals surface area contributed by atoms with Crippen LogP contribution in [0.25, 0.3) is 0 Å². The number of hydrogen-bond donors (Lipinski definition) is 1. The maximum Gasteiger partial charge on any atom is 0.109 e. The molecule has 92 valence electrons. The predicted octanol–water partition coefficient (Wildman–Crippen LogP) is 3.43. The molecule has 0 saturated carbocycles. The third-order valence-corrected chi connectivity index (χ3v) is 3.82. The predicted molar refractivity (Wildman–Crippen MR) is 73.2 cm³/mol. The molecule has 0 aliphatic carbocycles. The molecule has 0 radical (unpaired) electrons. The molecule has 0 aliphatic heterocycles. The van der Waals surface area contributed by atoms with E-state index in [1.807, 2.05) is 35.8 Å². The van der Waals surface area contributed by atoms with Crippen molar-refractivity contribution in [3.05, 3.63) is 52.0 Å². The van der Waals surface area contributed by atoms with Crippen LogP contribution >= 0.6 is 11.3 Å². The number of nitrogens with one attached hydrogen (secondary N) is 1. The van der Waals surface area contributed by atoms with Crippen molar-refractivity contribution in [2.24, 2.45) is 0 Å². The van der Waals surface area contributed by atoms with E-state index in [0.29, 0.717) is 5.56 Å². The number of aromatic nitrogens is 1. The van der Waals surface area contributed by atoms with Gasteiger partial charge in [-0.15, -0.1) is 11.3 Å². The Hall–Kier alpha value is -1.70. The molecule has 0 aliphatic rings. The lowest BCUT2D eigenvalue weighted by Crippen LogP contribution is -2.22. The first-order valence-corrected chi connectivity index (χ1v) is 6.74. The standard InChI is InChI=1S/C14H15N3S/c1-10(13-5-3-12(9-15)4-6-13)17-11(2)14-16-7-8-18-14/h3-8,10-11,17H,1-2H3. The first-order valence-electron chi connectivity index (χ1n) is 5.86. The molecule has 2 aromatic rings. The quantitative estimate of drug-likeness (QED) is 0.913. The fourth-order valence-electron chi connectivity index (χ4n) is 1.84. The molecule has 0 fully saturated rings. The van der Waals surface area contributed by atoms with Crippen LogP contribution in [0.15, 0.2) is 35.8 Å². The van der Waals surface area contributed by atoms with Crippen molar-refractivity contribution in [2.45, 2.75) is 25.9 Å². The van der Waals surface area contributed by atoms with Gasteiger partial charge in [0.25, 0.3) is 0 Å². The molecule has 4 heteroatoms. The van der Waals surface area contributed by atoms with Gasteiger partial charge in [0.05, 0.1) is 17.7 Å². The zero-order chi connectivity index (χ0) is 13.0. The summed E-state index contributed by atoms with van der Waals surface area (Å²) >= 11 is 1.66. The number of nitriles is 1. The number of thiazole rings is 1. The zero-order valence-electron chi connectivity index (χ0n) is 10.4. The largest absolute Gasteiger partial charge is 0.302 e. The van der Waals surface area contributed by atoms with Crippen LogP contribution in [-0.2, 0) is 0 Å². The van der Waals surface area contributed by atoms with Crippen LogP contribution in [-0.4, -0.2) is 4.98 Å². The molecule has 1 aromatic heterocycles. The molecule has 2 rings (SSSR count). The zero-order valence-corrected chi connectivity index (χ0v) is 11.2. The molecule has 0 saturated heterocycles. The minimum Gasteiger partial charge on any atom is -0.302 e. The molecule has 1 N–H and O–H groups in total. The van der Waals surface area contributed by atoms with E-state index in [4.69, 9.17) is 5.26 Å². The van der Waals surface area contributed by atoms with Crippen molar-refractivity contribution in [3.8, 4) is 6.07 Å². The molecule has 0 amide bonds. The average Bonchev–Trinajstić information content (AvgIpc) is 2.92. The smallest absolute Gasteiger partial charge is 0.109 e. The van der Waals surface area contributed by atoms with Crippen molar-refractivity contribution in [1.29, 1.82) is 5.26 Å². The van der Waals surface area contributed by atoms with E-state index >= 15 is 0 Å². The Bertz CT molecular complexity index is 525. The first-order chi connectivity index (χ1) is 8.70. The number of rotatable bonds is 4. The van der Waals surface area contributed by atoms with Gasteiger partial charge in [0.2, 0.25) is 0 Å². The van der Waals surface area contributed by atoms with E-state index in [1.54, 1.807) is 11.3 Å². The average molecular weight is 257 g/mol. The molecule has 0 spiro atoms. The molecule has 0 bridgehead atoms. The van der Waals surface area contributed by atoms with Crippen LogP contribution < -0.4 is 5.32 Å². The van der Waals surface area contributed by atoms with Gasteiger partial charge in [0, 0.05) is 17.6 Å². The molecule has 2 atom stereocenters. The van der Waals surface area contributed by atoms with Crippen LogP contribution in [0.3, 0.4) is 0 Å². The van der Waals surface area contributed by atoms with Gasteiger partial charge in [-0.1, -0.05) is 12.1 Å². The van der Waals surface area contributed by atoms with E-state index < -0.39 is 0 Å². The highest BCUT2D eigenvalue weighted by atomic mass is 32.1. The van der Waals surface area contributed by atoms with Crippen LogP contribution in [0.1, 0.15) is 42.1 Å². The summed E-state index contributed by atoms with van der Waals surface area (Å²) in [5.74, 6) is 0. The molecular formula is C14H15N3S. The lowest BCUT2D eigenvalue weighted by Gasteiger charge is -2.18. The van der Waals surface area contributed by atoms with Crippen LogP contribution in [0, 0.1) is 11.3 Å². The fraction of sp³-hybridized carbons (Fsp3) is 0.286. The summed E-state index contributed by atoms with van der Waals surface area (Å²) < 4.78 is 0. The van der Waals surface area contributed by atoms with Crippen molar-refractivity contribution < 1.29 is 0 Å². The molecule has 1 aromatic carbocycles. The first kappa shape index (κ1) is 12.7. The van der Waals surface area contributed by atoms with Crippen molar-refractivity contribution >= 4 is 11.3 Å². The van der Waals surface area contributed by atoms with Gasteiger partial charge in [-0.2, -0.15) is 5.26 Å². The Morgan fingerprint density at radius 2 is 1.94 bits per heavy atom. The number of benzene rings is 1. The summed E-state index contributed by atoms with van der Waals surface area (Å²) in [7, 11) is 0. The summed E-state index contributed by atoms with van der Waals surface area (Å²) in [6.45, 7) is 4.23. The highest BCUT2D eigenvalue weighted by Gasteiger charge is 2.12. The number of nitrogens with zero attached hydrogens (tertiary/aromatic N) is 2. The highest BCUT2D eigenvalue weighted by molar-refractivity contribution is 7.09. The van der Waals surface area contributed by atoms with Gasteiger partial charge < -0.3 is 5.32 Å². The van der Waals surface area contributed by atoms with Gasteiger partial charge in [-0.05, 0) is 31.5 Å². The summed E-state index contributed by atoms with van der Waals surface area (Å²) in [4.78, 5) is 4.30. The summed E-state index contributed by atoms with van der Waals surface area (Å²) in [5, 5.41) is 15.3. The second-order valence-corrected chi connectivity index (χ2v) is 5.14. The second-order valence-electron chi connectivity index (χ2n) is 4.21. The van der Waals surface area contributed by atoms with Gasteiger partial charge in [-0.3, -0.25) is 0 Å².